The van der Waals surface area contributed by atoms with Crippen molar-refractivity contribution < 1.29 is 9.59 Å². The smallest absolute Gasteiger partial charge is 0.233 e. The predicted molar refractivity (Wildman–Crippen MR) is 77.2 cm³/mol. The lowest BCUT2D eigenvalue weighted by Gasteiger charge is -2.15. The van der Waals surface area contributed by atoms with Gasteiger partial charge in [-0.1, -0.05) is 13.3 Å². The first kappa shape index (κ1) is 14.0. The summed E-state index contributed by atoms with van der Waals surface area (Å²) < 4.78 is 0. The van der Waals surface area contributed by atoms with Gasteiger partial charge in [0.2, 0.25) is 11.8 Å². The van der Waals surface area contributed by atoms with E-state index in [1.165, 1.54) is 4.90 Å². The summed E-state index contributed by atoms with van der Waals surface area (Å²) in [5.74, 6) is 0.485. The fourth-order valence-electron chi connectivity index (χ4n) is 3.16. The molecule has 0 bridgehead atoms. The van der Waals surface area contributed by atoms with Crippen LogP contribution in [0, 0.1) is 11.8 Å². The molecule has 1 aromatic heterocycles. The van der Waals surface area contributed by atoms with Gasteiger partial charge in [-0.25, -0.2) is 4.98 Å². The zero-order chi connectivity index (χ0) is 14.8. The maximum atomic E-state index is 12.3. The molecule has 1 N–H and O–H groups in total. The molecule has 6 heteroatoms. The molecule has 1 saturated carbocycles. The number of hydrogen-bond donors (Lipinski definition) is 1. The average Bonchev–Trinajstić information content (AvgIpc) is 3.06. The minimum Gasteiger partial charge on any atom is -0.369 e. The Hall–Kier alpha value is -1.98. The molecule has 2 unspecified atom stereocenters. The van der Waals surface area contributed by atoms with Crippen LogP contribution in [0.5, 0.6) is 0 Å². The standard InChI is InChI=1S/C15H20N4O2/c1-2-6-16-13-8-17-10(7-18-13)9-19-14(20)11-4-3-5-12(11)15(19)21/h7-8,11-12H,2-6,9H2,1H3,(H,16,18). The first-order valence-corrected chi connectivity index (χ1v) is 7.60. The Labute approximate surface area is 124 Å². The summed E-state index contributed by atoms with van der Waals surface area (Å²) in [6.07, 6.45) is 6.97. The lowest BCUT2D eigenvalue weighted by molar-refractivity contribution is -0.141. The lowest BCUT2D eigenvalue weighted by Crippen LogP contribution is -2.31. The average molecular weight is 288 g/mol. The van der Waals surface area contributed by atoms with Crippen molar-refractivity contribution in [1.29, 1.82) is 0 Å². The molecule has 1 aliphatic heterocycles. The third-order valence-corrected chi connectivity index (χ3v) is 4.26. The number of likely N-dealkylation sites (tertiary alicyclic amines) is 1. The summed E-state index contributed by atoms with van der Waals surface area (Å²) >= 11 is 0. The van der Waals surface area contributed by atoms with Gasteiger partial charge in [0.1, 0.15) is 5.82 Å². The minimum atomic E-state index is -0.0871. The van der Waals surface area contributed by atoms with E-state index in [9.17, 15) is 9.59 Å². The number of hydrogen-bond acceptors (Lipinski definition) is 5. The fourth-order valence-corrected chi connectivity index (χ4v) is 3.16. The zero-order valence-electron chi connectivity index (χ0n) is 12.2. The van der Waals surface area contributed by atoms with Crippen LogP contribution in [0.4, 0.5) is 5.82 Å². The molecule has 1 aliphatic carbocycles. The highest BCUT2D eigenvalue weighted by atomic mass is 16.2. The van der Waals surface area contributed by atoms with Gasteiger partial charge in [0, 0.05) is 6.54 Å². The molecular formula is C15H20N4O2. The van der Waals surface area contributed by atoms with E-state index >= 15 is 0 Å². The van der Waals surface area contributed by atoms with Crippen molar-refractivity contribution in [2.75, 3.05) is 11.9 Å². The number of nitrogens with one attached hydrogen (secondary N) is 1. The Morgan fingerprint density at radius 1 is 1.19 bits per heavy atom. The normalized spacial score (nSPS) is 24.5. The topological polar surface area (TPSA) is 75.2 Å². The van der Waals surface area contributed by atoms with Crippen LogP contribution in [-0.2, 0) is 16.1 Å². The SMILES string of the molecule is CCCNc1cnc(CN2C(=O)C3CCCC3C2=O)cn1. The molecule has 2 aliphatic rings. The van der Waals surface area contributed by atoms with Crippen LogP contribution in [0.3, 0.4) is 0 Å². The van der Waals surface area contributed by atoms with E-state index in [1.807, 2.05) is 0 Å². The van der Waals surface area contributed by atoms with E-state index in [0.717, 1.165) is 38.0 Å². The Kier molecular flexibility index (Phi) is 3.86. The van der Waals surface area contributed by atoms with Crippen LogP contribution in [-0.4, -0.2) is 33.2 Å². The highest BCUT2D eigenvalue weighted by Gasteiger charge is 2.49. The number of anilines is 1. The van der Waals surface area contributed by atoms with Gasteiger partial charge < -0.3 is 5.32 Å². The van der Waals surface area contributed by atoms with Crippen molar-refractivity contribution in [3.05, 3.63) is 18.1 Å². The van der Waals surface area contributed by atoms with Gasteiger partial charge in [-0.2, -0.15) is 0 Å². The first-order chi connectivity index (χ1) is 10.2. The van der Waals surface area contributed by atoms with E-state index in [0.29, 0.717) is 5.69 Å². The van der Waals surface area contributed by atoms with E-state index < -0.39 is 0 Å². The van der Waals surface area contributed by atoms with E-state index in [1.54, 1.807) is 12.4 Å². The molecular weight excluding hydrogens is 268 g/mol. The number of carbonyl (C=O) groups is 2. The van der Waals surface area contributed by atoms with Crippen LogP contribution in [0.25, 0.3) is 0 Å². The Balaban J connectivity index is 1.66. The molecule has 2 atom stereocenters. The van der Waals surface area contributed by atoms with E-state index in [2.05, 4.69) is 22.2 Å². The third kappa shape index (κ3) is 2.62. The summed E-state index contributed by atoms with van der Waals surface area (Å²) in [5, 5.41) is 3.14. The number of aromatic nitrogens is 2. The second kappa shape index (κ2) is 5.79. The van der Waals surface area contributed by atoms with Gasteiger partial charge in [0.25, 0.3) is 0 Å². The van der Waals surface area contributed by atoms with Crippen LogP contribution in [0.2, 0.25) is 0 Å². The molecule has 2 fully saturated rings. The number of rotatable bonds is 5. The third-order valence-electron chi connectivity index (χ3n) is 4.26. The number of fused-ring (bicyclic) bond motifs is 1. The molecule has 1 saturated heterocycles. The molecule has 0 spiro atoms. The van der Waals surface area contributed by atoms with Crippen molar-refractivity contribution in [2.45, 2.75) is 39.2 Å². The quantitative estimate of drug-likeness (QED) is 0.833. The molecule has 1 aromatic rings. The molecule has 2 amide bonds. The second-order valence-corrected chi connectivity index (χ2v) is 5.73. The number of imide groups is 1. The van der Waals surface area contributed by atoms with Crippen molar-refractivity contribution >= 4 is 17.6 Å². The van der Waals surface area contributed by atoms with Gasteiger partial charge in [-0.3, -0.25) is 19.5 Å². The van der Waals surface area contributed by atoms with Crippen molar-refractivity contribution in [1.82, 2.24) is 14.9 Å². The van der Waals surface area contributed by atoms with Crippen LogP contribution < -0.4 is 5.32 Å². The molecule has 3 rings (SSSR count). The Morgan fingerprint density at radius 3 is 2.48 bits per heavy atom. The van der Waals surface area contributed by atoms with Crippen molar-refractivity contribution in [2.24, 2.45) is 11.8 Å². The van der Waals surface area contributed by atoms with Gasteiger partial charge in [-0.05, 0) is 19.3 Å². The van der Waals surface area contributed by atoms with Gasteiger partial charge >= 0.3 is 0 Å². The lowest BCUT2D eigenvalue weighted by atomic mass is 10.00. The number of nitrogens with zero attached hydrogens (tertiary/aromatic N) is 3. The second-order valence-electron chi connectivity index (χ2n) is 5.73. The molecule has 21 heavy (non-hydrogen) atoms. The Bertz CT molecular complexity index is 521. The van der Waals surface area contributed by atoms with E-state index in [4.69, 9.17) is 0 Å². The highest BCUT2D eigenvalue weighted by molar-refractivity contribution is 6.05. The summed E-state index contributed by atoms with van der Waals surface area (Å²) in [7, 11) is 0. The Morgan fingerprint density at radius 2 is 1.90 bits per heavy atom. The molecule has 6 nitrogen and oxygen atoms in total. The van der Waals surface area contributed by atoms with E-state index in [-0.39, 0.29) is 30.2 Å². The summed E-state index contributed by atoms with van der Waals surface area (Å²) in [4.78, 5) is 34.4. The fraction of sp³-hybridized carbons (Fsp3) is 0.600. The summed E-state index contributed by atoms with van der Waals surface area (Å²) in [6.45, 7) is 3.17. The molecule has 0 radical (unpaired) electrons. The molecule has 2 heterocycles. The first-order valence-electron chi connectivity index (χ1n) is 7.60. The predicted octanol–water partition coefficient (Wildman–Crippen LogP) is 1.58. The van der Waals surface area contributed by atoms with Crippen molar-refractivity contribution in [3.8, 4) is 0 Å². The maximum absolute atomic E-state index is 12.3. The minimum absolute atomic E-state index is 0.0301. The number of amides is 2. The van der Waals surface area contributed by atoms with Gasteiger partial charge in [-0.15, -0.1) is 0 Å². The highest BCUT2D eigenvalue weighted by Crippen LogP contribution is 2.40. The maximum Gasteiger partial charge on any atom is 0.233 e. The molecule has 0 aromatic carbocycles. The van der Waals surface area contributed by atoms with Crippen LogP contribution >= 0.6 is 0 Å². The molecule has 112 valence electrons. The monoisotopic (exact) mass is 288 g/mol. The summed E-state index contributed by atoms with van der Waals surface area (Å²) in [6, 6.07) is 0. The van der Waals surface area contributed by atoms with Crippen LogP contribution in [0.15, 0.2) is 12.4 Å². The zero-order valence-corrected chi connectivity index (χ0v) is 12.2. The van der Waals surface area contributed by atoms with Crippen LogP contribution in [0.1, 0.15) is 38.3 Å². The summed E-state index contributed by atoms with van der Waals surface area (Å²) in [5.41, 5.74) is 0.652. The van der Waals surface area contributed by atoms with Gasteiger partial charge in [0.15, 0.2) is 0 Å². The largest absolute Gasteiger partial charge is 0.369 e. The van der Waals surface area contributed by atoms with Crippen molar-refractivity contribution in [3.63, 3.8) is 0 Å². The number of carbonyl (C=O) groups excluding carboxylic acids is 2. The van der Waals surface area contributed by atoms with Gasteiger partial charge in [0.05, 0.1) is 36.5 Å².